The van der Waals surface area contributed by atoms with E-state index in [4.69, 9.17) is 4.74 Å². The molecule has 144 valence electrons. The van der Waals surface area contributed by atoms with Crippen molar-refractivity contribution in [1.29, 1.82) is 0 Å². The Bertz CT molecular complexity index is 1000. The minimum absolute atomic E-state index is 0.115. The van der Waals surface area contributed by atoms with Gasteiger partial charge in [-0.15, -0.1) is 0 Å². The Kier molecular flexibility index (Phi) is 5.46. The highest BCUT2D eigenvalue weighted by molar-refractivity contribution is 9.10. The van der Waals surface area contributed by atoms with Crippen molar-refractivity contribution in [2.45, 2.75) is 6.92 Å². The van der Waals surface area contributed by atoms with Crippen LogP contribution in [0.25, 0.3) is 6.08 Å². The third kappa shape index (κ3) is 3.74. The number of carbonyl (C=O) groups is 3. The highest BCUT2D eigenvalue weighted by Gasteiger charge is 2.36. The predicted molar refractivity (Wildman–Crippen MR) is 102 cm³/mol. The van der Waals surface area contributed by atoms with Crippen LogP contribution in [-0.4, -0.2) is 29.6 Å². The molecule has 1 fully saturated rings. The van der Waals surface area contributed by atoms with Crippen molar-refractivity contribution in [3.05, 3.63) is 57.8 Å². The van der Waals surface area contributed by atoms with E-state index in [9.17, 15) is 23.9 Å². The number of rotatable bonds is 4. The van der Waals surface area contributed by atoms with Crippen LogP contribution in [0.4, 0.5) is 14.9 Å². The van der Waals surface area contributed by atoms with Gasteiger partial charge in [-0.1, -0.05) is 0 Å². The molecule has 28 heavy (non-hydrogen) atoms. The molecule has 0 spiro atoms. The summed E-state index contributed by atoms with van der Waals surface area (Å²) in [5.41, 5.74) is 0.202. The fourth-order valence-corrected chi connectivity index (χ4v) is 3.05. The zero-order chi connectivity index (χ0) is 20.4. The summed E-state index contributed by atoms with van der Waals surface area (Å²) in [6.07, 6.45) is 1.27. The van der Waals surface area contributed by atoms with E-state index in [1.807, 2.05) is 0 Å². The standard InChI is InChI=1S/C19H14BrFN2O5/c1-2-28-15-9-10(8-14(20)16(15)24)7-13-17(25)22-19(27)23(18(13)26)12-5-3-11(21)4-6-12/h3-9,24H,2H2,1H3,(H,22,25,27). The zero-order valence-electron chi connectivity index (χ0n) is 14.5. The Morgan fingerprint density at radius 3 is 2.54 bits per heavy atom. The number of barbiturate groups is 1. The first-order valence-corrected chi connectivity index (χ1v) is 8.93. The van der Waals surface area contributed by atoms with Gasteiger partial charge in [0.15, 0.2) is 11.5 Å². The van der Waals surface area contributed by atoms with Crippen LogP contribution in [0.3, 0.4) is 0 Å². The number of carbonyl (C=O) groups excluding carboxylic acids is 3. The van der Waals surface area contributed by atoms with Crippen molar-refractivity contribution >= 4 is 45.5 Å². The van der Waals surface area contributed by atoms with Crippen molar-refractivity contribution in [3.63, 3.8) is 0 Å². The Morgan fingerprint density at radius 2 is 1.89 bits per heavy atom. The number of anilines is 1. The summed E-state index contributed by atoms with van der Waals surface area (Å²) >= 11 is 3.18. The molecule has 3 rings (SSSR count). The summed E-state index contributed by atoms with van der Waals surface area (Å²) < 4.78 is 18.8. The first-order valence-electron chi connectivity index (χ1n) is 8.14. The van der Waals surface area contributed by atoms with Crippen LogP contribution < -0.4 is 15.0 Å². The van der Waals surface area contributed by atoms with Crippen molar-refractivity contribution in [1.82, 2.24) is 5.32 Å². The molecule has 2 N–H and O–H groups in total. The number of nitrogens with zero attached hydrogens (tertiary/aromatic N) is 1. The largest absolute Gasteiger partial charge is 0.503 e. The van der Waals surface area contributed by atoms with Crippen LogP contribution in [0.15, 0.2) is 46.4 Å². The molecule has 0 bridgehead atoms. The van der Waals surface area contributed by atoms with Gasteiger partial charge in [0, 0.05) is 0 Å². The molecule has 0 saturated carbocycles. The average molecular weight is 449 g/mol. The summed E-state index contributed by atoms with van der Waals surface area (Å²) in [6.45, 7) is 2.04. The van der Waals surface area contributed by atoms with Gasteiger partial charge < -0.3 is 9.84 Å². The molecule has 1 aliphatic heterocycles. The number of phenolic OH excluding ortho intramolecular Hbond substituents is 1. The van der Waals surface area contributed by atoms with Gasteiger partial charge in [0.05, 0.1) is 16.8 Å². The second kappa shape index (κ2) is 7.81. The molecule has 0 atom stereocenters. The van der Waals surface area contributed by atoms with E-state index in [2.05, 4.69) is 21.2 Å². The number of nitrogens with one attached hydrogen (secondary N) is 1. The van der Waals surface area contributed by atoms with Crippen molar-refractivity contribution in [2.75, 3.05) is 11.5 Å². The van der Waals surface area contributed by atoms with Crippen molar-refractivity contribution in [2.24, 2.45) is 0 Å². The maximum Gasteiger partial charge on any atom is 0.335 e. The Hall–Kier alpha value is -3.20. The van der Waals surface area contributed by atoms with Gasteiger partial charge in [-0.2, -0.15) is 0 Å². The van der Waals surface area contributed by atoms with E-state index in [1.54, 1.807) is 6.92 Å². The van der Waals surface area contributed by atoms with E-state index in [0.29, 0.717) is 16.6 Å². The summed E-state index contributed by atoms with van der Waals surface area (Å²) in [5.74, 6) is -2.21. The molecule has 4 amide bonds. The molecule has 2 aromatic carbocycles. The maximum atomic E-state index is 13.1. The molecule has 2 aromatic rings. The molecule has 9 heteroatoms. The summed E-state index contributed by atoms with van der Waals surface area (Å²) in [6, 6.07) is 6.72. The first-order chi connectivity index (χ1) is 13.3. The van der Waals surface area contributed by atoms with E-state index in [-0.39, 0.29) is 22.8 Å². The summed E-state index contributed by atoms with van der Waals surface area (Å²) in [7, 11) is 0. The molecule has 0 aliphatic carbocycles. The van der Waals surface area contributed by atoms with E-state index >= 15 is 0 Å². The van der Waals surface area contributed by atoms with E-state index in [1.165, 1.54) is 30.3 Å². The SMILES string of the molecule is CCOc1cc(C=C2C(=O)NC(=O)N(c3ccc(F)cc3)C2=O)cc(Br)c1O. The maximum absolute atomic E-state index is 13.1. The highest BCUT2D eigenvalue weighted by Crippen LogP contribution is 2.36. The molecular formula is C19H14BrFN2O5. The number of aromatic hydroxyl groups is 1. The van der Waals surface area contributed by atoms with Crippen LogP contribution in [0.2, 0.25) is 0 Å². The van der Waals surface area contributed by atoms with Crippen LogP contribution in [0, 0.1) is 5.82 Å². The van der Waals surface area contributed by atoms with E-state index in [0.717, 1.165) is 17.0 Å². The number of urea groups is 1. The number of benzene rings is 2. The zero-order valence-corrected chi connectivity index (χ0v) is 16.1. The molecule has 1 saturated heterocycles. The third-order valence-corrected chi connectivity index (χ3v) is 4.45. The second-order valence-corrected chi connectivity index (χ2v) is 6.57. The number of imide groups is 2. The predicted octanol–water partition coefficient (Wildman–Crippen LogP) is 3.36. The van der Waals surface area contributed by atoms with Gasteiger partial charge in [0.2, 0.25) is 0 Å². The number of ether oxygens (including phenoxy) is 1. The minimum Gasteiger partial charge on any atom is -0.503 e. The smallest absolute Gasteiger partial charge is 0.335 e. The fourth-order valence-electron chi connectivity index (χ4n) is 2.59. The summed E-state index contributed by atoms with van der Waals surface area (Å²) in [5, 5.41) is 12.1. The lowest BCUT2D eigenvalue weighted by molar-refractivity contribution is -0.122. The topological polar surface area (TPSA) is 95.9 Å². The Balaban J connectivity index is 2.03. The van der Waals surface area contributed by atoms with Gasteiger partial charge in [0.1, 0.15) is 11.4 Å². The monoisotopic (exact) mass is 448 g/mol. The van der Waals surface area contributed by atoms with Crippen molar-refractivity contribution < 1.29 is 28.6 Å². The van der Waals surface area contributed by atoms with Crippen molar-refractivity contribution in [3.8, 4) is 11.5 Å². The number of amides is 4. The molecule has 0 radical (unpaired) electrons. The molecule has 0 aromatic heterocycles. The first kappa shape index (κ1) is 19.6. The minimum atomic E-state index is -0.930. The Labute approximate surface area is 167 Å². The number of hydrogen-bond donors (Lipinski definition) is 2. The van der Waals surface area contributed by atoms with Gasteiger partial charge in [-0.05, 0) is 70.9 Å². The molecule has 1 aliphatic rings. The normalized spacial score (nSPS) is 15.8. The van der Waals surface area contributed by atoms with Gasteiger partial charge in [0.25, 0.3) is 11.8 Å². The number of halogens is 2. The molecule has 0 unspecified atom stereocenters. The Morgan fingerprint density at radius 1 is 1.21 bits per heavy atom. The van der Waals surface area contributed by atoms with Crippen LogP contribution in [0.1, 0.15) is 12.5 Å². The summed E-state index contributed by atoms with van der Waals surface area (Å²) in [4.78, 5) is 37.9. The van der Waals surface area contributed by atoms with E-state index < -0.39 is 23.7 Å². The lowest BCUT2D eigenvalue weighted by atomic mass is 10.1. The number of phenols is 1. The van der Waals surface area contributed by atoms with Gasteiger partial charge >= 0.3 is 6.03 Å². The fraction of sp³-hybridized carbons (Fsp3) is 0.105. The lowest BCUT2D eigenvalue weighted by Crippen LogP contribution is -2.54. The van der Waals surface area contributed by atoms with Gasteiger partial charge in [-0.25, -0.2) is 14.1 Å². The van der Waals surface area contributed by atoms with Crippen LogP contribution >= 0.6 is 15.9 Å². The second-order valence-electron chi connectivity index (χ2n) is 5.72. The highest BCUT2D eigenvalue weighted by atomic mass is 79.9. The average Bonchev–Trinajstić information content (AvgIpc) is 2.64. The molecule has 7 nitrogen and oxygen atoms in total. The lowest BCUT2D eigenvalue weighted by Gasteiger charge is -2.26. The molecular weight excluding hydrogens is 435 g/mol. The third-order valence-electron chi connectivity index (χ3n) is 3.85. The van der Waals surface area contributed by atoms with Gasteiger partial charge in [-0.3, -0.25) is 14.9 Å². The quantitative estimate of drug-likeness (QED) is 0.552. The number of hydrogen-bond acceptors (Lipinski definition) is 5. The van der Waals surface area contributed by atoms with Crippen LogP contribution in [-0.2, 0) is 9.59 Å². The molecule has 1 heterocycles. The van der Waals surface area contributed by atoms with Crippen LogP contribution in [0.5, 0.6) is 11.5 Å².